The van der Waals surface area contributed by atoms with Crippen molar-refractivity contribution in [3.8, 4) is 0 Å². The van der Waals surface area contributed by atoms with Crippen LogP contribution in [0.15, 0.2) is 18.2 Å². The Kier molecular flexibility index (Phi) is 4.31. The molecule has 1 rings (SSSR count). The summed E-state index contributed by atoms with van der Waals surface area (Å²) in [7, 11) is 3.41. The molecule has 1 aromatic rings. The third-order valence-electron chi connectivity index (χ3n) is 1.85. The number of hydrogen-bond acceptors (Lipinski definition) is 1. The van der Waals surface area contributed by atoms with Gasteiger partial charge in [0.1, 0.15) is 0 Å². The Hall–Kier alpha value is 0.0300. The van der Waals surface area contributed by atoms with Gasteiger partial charge in [-0.3, -0.25) is 0 Å². The topological polar surface area (TPSA) is 0 Å². The van der Waals surface area contributed by atoms with E-state index in [9.17, 15) is 0 Å². The van der Waals surface area contributed by atoms with Crippen LogP contribution < -0.4 is 0 Å². The van der Waals surface area contributed by atoms with Crippen LogP contribution in [0.25, 0.3) is 0 Å². The quantitative estimate of drug-likeness (QED) is 0.430. The molecule has 13 heavy (non-hydrogen) atoms. The number of benzene rings is 1. The largest absolute Gasteiger partial charge is 0.558 e. The normalized spacial score (nSPS) is 10.1. The Balaban J connectivity index is 3.05. The average Bonchev–Trinajstić information content (AvgIpc) is 2.04. The summed E-state index contributed by atoms with van der Waals surface area (Å²) in [5, 5.41) is 0.755. The molecule has 0 spiro atoms. The van der Waals surface area contributed by atoms with Crippen LogP contribution in [0.3, 0.4) is 0 Å². The fourth-order valence-corrected chi connectivity index (χ4v) is 2.42. The standard InChI is InChI=1S/C10H11ClPS/c1-7-3-2-4-8(11)10(7)9(13)5-6-12/h2-4,12H,5-6H2,1H3/q-1. The molecule has 0 aromatic heterocycles. The molecule has 0 saturated heterocycles. The highest BCUT2D eigenvalue weighted by Gasteiger charge is 2.06. The Morgan fingerprint density at radius 2 is 2.23 bits per heavy atom. The van der Waals surface area contributed by atoms with Crippen LogP contribution in [0.1, 0.15) is 17.5 Å². The van der Waals surface area contributed by atoms with Crippen molar-refractivity contribution in [2.45, 2.75) is 13.3 Å². The summed E-state index contributed by atoms with van der Waals surface area (Å²) in [6, 6.07) is 5.85. The summed E-state index contributed by atoms with van der Waals surface area (Å²) < 4.78 is 0. The highest BCUT2D eigenvalue weighted by atomic mass is 35.5. The predicted molar refractivity (Wildman–Crippen MR) is 65.7 cm³/mol. The lowest BCUT2D eigenvalue weighted by Crippen LogP contribution is -2.01. The molecule has 0 atom stereocenters. The van der Waals surface area contributed by atoms with Crippen molar-refractivity contribution < 1.29 is 0 Å². The minimum atomic E-state index is 0.755. The molecule has 0 nitrogen and oxygen atoms in total. The monoisotopic (exact) mass is 229 g/mol. The SMILES string of the molecule is Cc1cccc(Cl)c1C(=S)CC[PH-]. The molecule has 0 bridgehead atoms. The fourth-order valence-electron chi connectivity index (χ4n) is 1.22. The Morgan fingerprint density at radius 3 is 2.77 bits per heavy atom. The predicted octanol–water partition coefficient (Wildman–Crippen LogP) is 3.90. The van der Waals surface area contributed by atoms with E-state index in [1.54, 1.807) is 0 Å². The van der Waals surface area contributed by atoms with Crippen molar-refractivity contribution in [1.82, 2.24) is 0 Å². The van der Waals surface area contributed by atoms with Gasteiger partial charge in [-0.05, 0) is 25.0 Å². The van der Waals surface area contributed by atoms with Gasteiger partial charge >= 0.3 is 0 Å². The second kappa shape index (κ2) is 5.05. The molecule has 0 saturated carbocycles. The molecular formula is C10H11ClPS-. The smallest absolute Gasteiger partial charge is 0.0492 e. The van der Waals surface area contributed by atoms with E-state index < -0.39 is 0 Å². The lowest BCUT2D eigenvalue weighted by atomic mass is 10.0. The molecule has 0 amide bonds. The summed E-state index contributed by atoms with van der Waals surface area (Å²) in [6.45, 7) is 2.03. The molecule has 1 aromatic carbocycles. The third-order valence-corrected chi connectivity index (χ3v) is 2.83. The van der Waals surface area contributed by atoms with Crippen molar-refractivity contribution in [3.05, 3.63) is 34.3 Å². The number of thiocarbonyl (C=S) groups is 1. The molecule has 0 N–H and O–H groups in total. The van der Waals surface area contributed by atoms with Gasteiger partial charge in [0.25, 0.3) is 0 Å². The molecule has 0 heterocycles. The first-order chi connectivity index (χ1) is 6.16. The van der Waals surface area contributed by atoms with E-state index in [4.69, 9.17) is 23.8 Å². The molecule has 70 valence electrons. The Labute approximate surface area is 91.9 Å². The molecule has 0 aliphatic heterocycles. The summed E-state index contributed by atoms with van der Waals surface area (Å²) in [6.07, 6.45) is 1.74. The fraction of sp³-hybridized carbons (Fsp3) is 0.300. The average molecular weight is 230 g/mol. The van der Waals surface area contributed by atoms with Gasteiger partial charge in [-0.2, -0.15) is 6.16 Å². The first-order valence-electron chi connectivity index (χ1n) is 4.09. The second-order valence-electron chi connectivity index (χ2n) is 2.85. The van der Waals surface area contributed by atoms with E-state index in [0.29, 0.717) is 0 Å². The minimum absolute atomic E-state index is 0.755. The third kappa shape index (κ3) is 2.74. The van der Waals surface area contributed by atoms with Crippen LogP contribution >= 0.6 is 33.1 Å². The van der Waals surface area contributed by atoms with Crippen molar-refractivity contribution in [2.75, 3.05) is 6.16 Å². The van der Waals surface area contributed by atoms with Gasteiger partial charge in [0, 0.05) is 15.5 Å². The zero-order valence-corrected chi connectivity index (χ0v) is 10.0. The zero-order valence-electron chi connectivity index (χ0n) is 7.43. The van der Waals surface area contributed by atoms with E-state index in [0.717, 1.165) is 33.6 Å². The van der Waals surface area contributed by atoms with Crippen molar-refractivity contribution >= 4 is 37.9 Å². The van der Waals surface area contributed by atoms with Gasteiger partial charge in [0.2, 0.25) is 0 Å². The zero-order chi connectivity index (χ0) is 9.84. The second-order valence-corrected chi connectivity index (χ2v) is 4.25. The van der Waals surface area contributed by atoms with Crippen molar-refractivity contribution in [1.29, 1.82) is 0 Å². The Morgan fingerprint density at radius 1 is 1.54 bits per heavy atom. The number of rotatable bonds is 3. The first-order valence-corrected chi connectivity index (χ1v) is 5.59. The summed E-state index contributed by atoms with van der Waals surface area (Å²) in [5.74, 6) is 0. The first kappa shape index (κ1) is 11.1. The number of hydrogen-bond donors (Lipinski definition) is 0. The Bertz CT molecular complexity index is 302. The minimum Gasteiger partial charge on any atom is -0.558 e. The maximum absolute atomic E-state index is 6.06. The molecule has 0 aliphatic rings. The summed E-state index contributed by atoms with van der Waals surface area (Å²) >= 11 is 11.3. The van der Waals surface area contributed by atoms with Gasteiger partial charge in [-0.1, -0.05) is 36.0 Å². The van der Waals surface area contributed by atoms with Gasteiger partial charge in [0.15, 0.2) is 0 Å². The molecular weight excluding hydrogens is 219 g/mol. The maximum Gasteiger partial charge on any atom is 0.0492 e. The lowest BCUT2D eigenvalue weighted by molar-refractivity contribution is 1.32. The summed E-state index contributed by atoms with van der Waals surface area (Å²) in [5.41, 5.74) is 2.18. The van der Waals surface area contributed by atoms with Crippen LogP contribution in [0.5, 0.6) is 0 Å². The van der Waals surface area contributed by atoms with E-state index >= 15 is 0 Å². The highest BCUT2D eigenvalue weighted by Crippen LogP contribution is 2.21. The molecule has 0 radical (unpaired) electrons. The summed E-state index contributed by atoms with van der Waals surface area (Å²) in [4.78, 5) is 0.929. The van der Waals surface area contributed by atoms with Gasteiger partial charge in [-0.15, -0.1) is 0 Å². The number of aryl methyl sites for hydroxylation is 1. The van der Waals surface area contributed by atoms with E-state index in [2.05, 4.69) is 9.24 Å². The van der Waals surface area contributed by atoms with Crippen LogP contribution in [-0.4, -0.2) is 11.0 Å². The lowest BCUT2D eigenvalue weighted by Gasteiger charge is -2.10. The molecule has 0 unspecified atom stereocenters. The van der Waals surface area contributed by atoms with Crippen LogP contribution in [0.2, 0.25) is 5.02 Å². The van der Waals surface area contributed by atoms with Gasteiger partial charge < -0.3 is 9.24 Å². The van der Waals surface area contributed by atoms with Crippen molar-refractivity contribution in [3.63, 3.8) is 0 Å². The van der Waals surface area contributed by atoms with Crippen molar-refractivity contribution in [2.24, 2.45) is 0 Å². The highest BCUT2D eigenvalue weighted by molar-refractivity contribution is 7.80. The van der Waals surface area contributed by atoms with Gasteiger partial charge in [-0.25, -0.2) is 0 Å². The number of halogens is 1. The maximum atomic E-state index is 6.06. The van der Waals surface area contributed by atoms with E-state index in [1.165, 1.54) is 0 Å². The van der Waals surface area contributed by atoms with Gasteiger partial charge in [0.05, 0.1) is 0 Å². The molecule has 3 heteroatoms. The molecule has 0 aliphatic carbocycles. The van der Waals surface area contributed by atoms with Crippen LogP contribution in [-0.2, 0) is 0 Å². The molecule has 0 fully saturated rings. The van der Waals surface area contributed by atoms with E-state index in [-0.39, 0.29) is 0 Å². The van der Waals surface area contributed by atoms with E-state index in [1.807, 2.05) is 25.1 Å². The van der Waals surface area contributed by atoms with Crippen LogP contribution in [0, 0.1) is 6.92 Å². The van der Waals surface area contributed by atoms with Crippen LogP contribution in [0.4, 0.5) is 0 Å².